The van der Waals surface area contributed by atoms with Gasteiger partial charge in [0.25, 0.3) is 0 Å². The van der Waals surface area contributed by atoms with Crippen LogP contribution in [0.5, 0.6) is 0 Å². The molecule has 0 spiro atoms. The van der Waals surface area contributed by atoms with Crippen LogP contribution in [0, 0.1) is 18.8 Å². The molecule has 0 aliphatic carbocycles. The van der Waals surface area contributed by atoms with E-state index in [4.69, 9.17) is 0 Å². The van der Waals surface area contributed by atoms with Gasteiger partial charge in [-0.3, -0.25) is 0 Å². The number of nitrogens with one attached hydrogen (secondary N) is 1. The lowest BCUT2D eigenvalue weighted by molar-refractivity contribution is 0.818. The zero-order chi connectivity index (χ0) is 10.4. The fourth-order valence-electron chi connectivity index (χ4n) is 1.09. The van der Waals surface area contributed by atoms with Gasteiger partial charge in [-0.2, -0.15) is 0 Å². The second-order valence-electron chi connectivity index (χ2n) is 3.07. The SMILES string of the molecule is CNCCC#Cc1cccc(Br)c1C. The summed E-state index contributed by atoms with van der Waals surface area (Å²) in [6.07, 6.45) is 0.891. The highest BCUT2D eigenvalue weighted by Crippen LogP contribution is 2.18. The van der Waals surface area contributed by atoms with Gasteiger partial charge in [-0.15, -0.1) is 0 Å². The normalized spacial score (nSPS) is 9.36. The molecule has 0 heterocycles. The predicted molar refractivity (Wildman–Crippen MR) is 64.3 cm³/mol. The molecule has 0 aliphatic heterocycles. The summed E-state index contributed by atoms with van der Waals surface area (Å²) >= 11 is 3.49. The first-order valence-corrected chi connectivity index (χ1v) is 5.43. The average Bonchev–Trinajstić information content (AvgIpc) is 2.19. The third-order valence-corrected chi connectivity index (χ3v) is 2.85. The quantitative estimate of drug-likeness (QED) is 0.630. The van der Waals surface area contributed by atoms with Crippen molar-refractivity contribution in [2.24, 2.45) is 0 Å². The minimum Gasteiger partial charge on any atom is -0.319 e. The van der Waals surface area contributed by atoms with E-state index in [9.17, 15) is 0 Å². The first-order valence-electron chi connectivity index (χ1n) is 4.64. The Morgan fingerprint density at radius 2 is 2.21 bits per heavy atom. The Labute approximate surface area is 94.0 Å². The minimum atomic E-state index is 0.891. The summed E-state index contributed by atoms with van der Waals surface area (Å²) in [5, 5.41) is 3.07. The van der Waals surface area contributed by atoms with Crippen molar-refractivity contribution in [1.82, 2.24) is 5.32 Å². The van der Waals surface area contributed by atoms with E-state index in [1.54, 1.807) is 0 Å². The summed E-state index contributed by atoms with van der Waals surface area (Å²) in [5.41, 5.74) is 2.32. The summed E-state index contributed by atoms with van der Waals surface area (Å²) in [4.78, 5) is 0. The van der Waals surface area contributed by atoms with Crippen LogP contribution in [0.3, 0.4) is 0 Å². The first kappa shape index (κ1) is 11.3. The molecule has 0 saturated heterocycles. The van der Waals surface area contributed by atoms with Crippen molar-refractivity contribution in [1.29, 1.82) is 0 Å². The highest BCUT2D eigenvalue weighted by molar-refractivity contribution is 9.10. The molecule has 1 rings (SSSR count). The Hall–Kier alpha value is -0.780. The molecule has 1 N–H and O–H groups in total. The number of halogens is 1. The molecule has 0 unspecified atom stereocenters. The fraction of sp³-hybridized carbons (Fsp3) is 0.333. The van der Waals surface area contributed by atoms with E-state index in [2.05, 4.69) is 40.0 Å². The second kappa shape index (κ2) is 5.85. The molecule has 2 heteroatoms. The van der Waals surface area contributed by atoms with E-state index in [0.29, 0.717) is 0 Å². The average molecular weight is 252 g/mol. The number of rotatable bonds is 2. The van der Waals surface area contributed by atoms with Gasteiger partial charge in [0.05, 0.1) is 0 Å². The van der Waals surface area contributed by atoms with E-state index in [1.165, 1.54) is 5.56 Å². The van der Waals surface area contributed by atoms with Crippen LogP contribution in [-0.4, -0.2) is 13.6 Å². The van der Waals surface area contributed by atoms with Gasteiger partial charge in [0.1, 0.15) is 0 Å². The van der Waals surface area contributed by atoms with Crippen molar-refractivity contribution >= 4 is 15.9 Å². The monoisotopic (exact) mass is 251 g/mol. The lowest BCUT2D eigenvalue weighted by atomic mass is 10.1. The molecule has 1 aromatic carbocycles. The summed E-state index contributed by atoms with van der Waals surface area (Å²) in [6, 6.07) is 6.10. The molecule has 0 bridgehead atoms. The third-order valence-electron chi connectivity index (χ3n) is 1.99. The molecule has 1 nitrogen and oxygen atoms in total. The Morgan fingerprint density at radius 1 is 1.43 bits per heavy atom. The Morgan fingerprint density at radius 3 is 2.93 bits per heavy atom. The Balaban J connectivity index is 2.74. The zero-order valence-electron chi connectivity index (χ0n) is 8.52. The lowest BCUT2D eigenvalue weighted by Crippen LogP contribution is -2.05. The number of hydrogen-bond acceptors (Lipinski definition) is 1. The van der Waals surface area contributed by atoms with Crippen LogP contribution in [0.1, 0.15) is 17.5 Å². The van der Waals surface area contributed by atoms with Gasteiger partial charge >= 0.3 is 0 Å². The van der Waals surface area contributed by atoms with Crippen molar-refractivity contribution in [2.75, 3.05) is 13.6 Å². The van der Waals surface area contributed by atoms with Crippen molar-refractivity contribution < 1.29 is 0 Å². The van der Waals surface area contributed by atoms with Gasteiger partial charge in [0.15, 0.2) is 0 Å². The zero-order valence-corrected chi connectivity index (χ0v) is 10.1. The summed E-state index contributed by atoms with van der Waals surface area (Å²) in [5.74, 6) is 6.31. The Kier molecular flexibility index (Phi) is 4.72. The van der Waals surface area contributed by atoms with Gasteiger partial charge in [0.2, 0.25) is 0 Å². The maximum Gasteiger partial charge on any atom is 0.0285 e. The molecular weight excluding hydrogens is 238 g/mol. The van der Waals surface area contributed by atoms with Crippen LogP contribution >= 0.6 is 15.9 Å². The van der Waals surface area contributed by atoms with E-state index >= 15 is 0 Å². The van der Waals surface area contributed by atoms with E-state index in [-0.39, 0.29) is 0 Å². The molecule has 0 saturated carbocycles. The number of hydrogen-bond donors (Lipinski definition) is 1. The molecule has 74 valence electrons. The standard InChI is InChI=1S/C12H14BrN/c1-10-11(6-3-4-9-14-2)7-5-8-12(10)13/h5,7-8,14H,4,9H2,1-2H3. The predicted octanol–water partition coefficient (Wildman–Crippen LogP) is 2.72. The smallest absolute Gasteiger partial charge is 0.0285 e. The van der Waals surface area contributed by atoms with E-state index < -0.39 is 0 Å². The van der Waals surface area contributed by atoms with Crippen molar-refractivity contribution in [3.63, 3.8) is 0 Å². The van der Waals surface area contributed by atoms with Crippen LogP contribution in [0.15, 0.2) is 22.7 Å². The summed E-state index contributed by atoms with van der Waals surface area (Å²) in [7, 11) is 1.94. The van der Waals surface area contributed by atoms with Gasteiger partial charge in [-0.1, -0.05) is 33.8 Å². The van der Waals surface area contributed by atoms with Crippen molar-refractivity contribution in [2.45, 2.75) is 13.3 Å². The van der Waals surface area contributed by atoms with Crippen LogP contribution < -0.4 is 5.32 Å². The van der Waals surface area contributed by atoms with Crippen LogP contribution in [-0.2, 0) is 0 Å². The van der Waals surface area contributed by atoms with Crippen LogP contribution in [0.4, 0.5) is 0 Å². The molecule has 0 fully saturated rings. The molecule has 1 aromatic rings. The molecule has 0 aromatic heterocycles. The molecule has 14 heavy (non-hydrogen) atoms. The highest BCUT2D eigenvalue weighted by Gasteiger charge is 1.97. The van der Waals surface area contributed by atoms with Gasteiger partial charge in [-0.25, -0.2) is 0 Å². The lowest BCUT2D eigenvalue weighted by Gasteiger charge is -1.99. The molecule has 0 radical (unpaired) electrons. The molecule has 0 amide bonds. The van der Waals surface area contributed by atoms with Crippen molar-refractivity contribution in [3.8, 4) is 11.8 Å². The summed E-state index contributed by atoms with van der Waals surface area (Å²) < 4.78 is 1.12. The fourth-order valence-corrected chi connectivity index (χ4v) is 1.45. The first-order chi connectivity index (χ1) is 6.75. The second-order valence-corrected chi connectivity index (χ2v) is 3.92. The largest absolute Gasteiger partial charge is 0.319 e. The maximum absolute atomic E-state index is 3.49. The molecular formula is C12H14BrN. The van der Waals surface area contributed by atoms with Gasteiger partial charge in [-0.05, 0) is 31.7 Å². The number of benzene rings is 1. The maximum atomic E-state index is 3.49. The van der Waals surface area contributed by atoms with Crippen LogP contribution in [0.25, 0.3) is 0 Å². The van der Waals surface area contributed by atoms with E-state index in [0.717, 1.165) is 23.0 Å². The third kappa shape index (κ3) is 3.17. The highest BCUT2D eigenvalue weighted by atomic mass is 79.9. The molecule has 0 atom stereocenters. The minimum absolute atomic E-state index is 0.891. The van der Waals surface area contributed by atoms with Gasteiger partial charge in [0, 0.05) is 23.0 Å². The Bertz CT molecular complexity index is 360. The molecule has 0 aliphatic rings. The van der Waals surface area contributed by atoms with Gasteiger partial charge < -0.3 is 5.32 Å². The van der Waals surface area contributed by atoms with Crippen molar-refractivity contribution in [3.05, 3.63) is 33.8 Å². The topological polar surface area (TPSA) is 12.0 Å². The van der Waals surface area contributed by atoms with Crippen LogP contribution in [0.2, 0.25) is 0 Å². The van der Waals surface area contributed by atoms with E-state index in [1.807, 2.05) is 25.2 Å². The summed E-state index contributed by atoms with van der Waals surface area (Å²) in [6.45, 7) is 3.02.